The number of nitrogens with zero attached hydrogens (tertiary/aromatic N) is 2. The molecule has 4 heteroatoms. The second kappa shape index (κ2) is 5.97. The van der Waals surface area contributed by atoms with Crippen LogP contribution < -0.4 is 5.32 Å². The van der Waals surface area contributed by atoms with E-state index in [2.05, 4.69) is 17.3 Å². The number of hydrogen-bond acceptors (Lipinski definition) is 2. The Hall–Kier alpha value is -1.68. The SMILES string of the molecule is CCNCc1cc(-c2cnn(CC)c2C)ccc1F. The van der Waals surface area contributed by atoms with Crippen molar-refractivity contribution in [1.82, 2.24) is 15.1 Å². The van der Waals surface area contributed by atoms with E-state index in [-0.39, 0.29) is 5.82 Å². The molecule has 19 heavy (non-hydrogen) atoms. The molecule has 1 N–H and O–H groups in total. The molecule has 1 aromatic heterocycles. The lowest BCUT2D eigenvalue weighted by Gasteiger charge is -2.08. The molecule has 0 radical (unpaired) electrons. The van der Waals surface area contributed by atoms with Gasteiger partial charge in [0.1, 0.15) is 5.82 Å². The Morgan fingerprint density at radius 2 is 2.11 bits per heavy atom. The fraction of sp³-hybridized carbons (Fsp3) is 0.400. The second-order valence-corrected chi connectivity index (χ2v) is 4.55. The van der Waals surface area contributed by atoms with Gasteiger partial charge in [0.2, 0.25) is 0 Å². The van der Waals surface area contributed by atoms with E-state index >= 15 is 0 Å². The average Bonchev–Trinajstić information content (AvgIpc) is 2.79. The fourth-order valence-corrected chi connectivity index (χ4v) is 2.19. The van der Waals surface area contributed by atoms with E-state index in [0.717, 1.165) is 29.9 Å². The molecular formula is C15H20FN3. The van der Waals surface area contributed by atoms with E-state index < -0.39 is 0 Å². The van der Waals surface area contributed by atoms with E-state index in [1.807, 2.05) is 36.9 Å². The van der Waals surface area contributed by atoms with Gasteiger partial charge in [0.05, 0.1) is 6.20 Å². The first-order chi connectivity index (χ1) is 9.17. The van der Waals surface area contributed by atoms with Crippen molar-refractivity contribution in [2.24, 2.45) is 0 Å². The Kier molecular flexibility index (Phi) is 4.32. The second-order valence-electron chi connectivity index (χ2n) is 4.55. The van der Waals surface area contributed by atoms with Gasteiger partial charge in [0.25, 0.3) is 0 Å². The molecule has 0 atom stereocenters. The van der Waals surface area contributed by atoms with Crippen LogP contribution in [0.1, 0.15) is 25.1 Å². The molecule has 2 aromatic rings. The minimum atomic E-state index is -0.162. The number of aromatic nitrogens is 2. The van der Waals surface area contributed by atoms with Gasteiger partial charge < -0.3 is 5.32 Å². The van der Waals surface area contributed by atoms with E-state index in [4.69, 9.17) is 0 Å². The molecule has 0 amide bonds. The van der Waals surface area contributed by atoms with E-state index in [0.29, 0.717) is 12.1 Å². The van der Waals surface area contributed by atoms with Crippen molar-refractivity contribution in [3.8, 4) is 11.1 Å². The van der Waals surface area contributed by atoms with Crippen LogP contribution in [0.5, 0.6) is 0 Å². The summed E-state index contributed by atoms with van der Waals surface area (Å²) in [4.78, 5) is 0. The Labute approximate surface area is 113 Å². The van der Waals surface area contributed by atoms with Crippen molar-refractivity contribution >= 4 is 0 Å². The summed E-state index contributed by atoms with van der Waals surface area (Å²) in [6.45, 7) is 8.34. The summed E-state index contributed by atoms with van der Waals surface area (Å²) in [7, 11) is 0. The third kappa shape index (κ3) is 2.84. The first kappa shape index (κ1) is 13.7. The highest BCUT2D eigenvalue weighted by Gasteiger charge is 2.10. The fourth-order valence-electron chi connectivity index (χ4n) is 2.19. The first-order valence-corrected chi connectivity index (χ1v) is 6.69. The van der Waals surface area contributed by atoms with Crippen LogP contribution in [-0.4, -0.2) is 16.3 Å². The van der Waals surface area contributed by atoms with Crippen molar-refractivity contribution in [3.05, 3.63) is 41.5 Å². The average molecular weight is 261 g/mol. The monoisotopic (exact) mass is 261 g/mol. The van der Waals surface area contributed by atoms with Gasteiger partial charge in [-0.1, -0.05) is 13.0 Å². The number of halogens is 1. The lowest BCUT2D eigenvalue weighted by Crippen LogP contribution is -2.13. The predicted octanol–water partition coefficient (Wildman–Crippen LogP) is 3.13. The third-order valence-electron chi connectivity index (χ3n) is 3.32. The van der Waals surface area contributed by atoms with Crippen molar-refractivity contribution in [1.29, 1.82) is 0 Å². The van der Waals surface area contributed by atoms with Crippen LogP contribution in [0, 0.1) is 12.7 Å². The summed E-state index contributed by atoms with van der Waals surface area (Å²) in [6, 6.07) is 5.25. The molecule has 0 saturated carbocycles. The Balaban J connectivity index is 2.36. The first-order valence-electron chi connectivity index (χ1n) is 6.69. The Morgan fingerprint density at radius 3 is 2.74 bits per heavy atom. The summed E-state index contributed by atoms with van der Waals surface area (Å²) in [5.41, 5.74) is 3.90. The topological polar surface area (TPSA) is 29.9 Å². The van der Waals surface area contributed by atoms with E-state index in [1.165, 1.54) is 6.07 Å². The normalized spacial score (nSPS) is 10.9. The van der Waals surface area contributed by atoms with Crippen LogP contribution in [0.2, 0.25) is 0 Å². The quantitative estimate of drug-likeness (QED) is 0.896. The third-order valence-corrected chi connectivity index (χ3v) is 3.32. The van der Waals surface area contributed by atoms with Crippen LogP contribution in [0.3, 0.4) is 0 Å². The summed E-state index contributed by atoms with van der Waals surface area (Å²) >= 11 is 0. The molecule has 1 heterocycles. The van der Waals surface area contributed by atoms with Gasteiger partial charge in [0, 0.05) is 29.9 Å². The smallest absolute Gasteiger partial charge is 0.127 e. The van der Waals surface area contributed by atoms with Gasteiger partial charge in [-0.3, -0.25) is 4.68 Å². The minimum Gasteiger partial charge on any atom is -0.313 e. The molecule has 1 aromatic carbocycles. The maximum Gasteiger partial charge on any atom is 0.127 e. The Morgan fingerprint density at radius 1 is 1.32 bits per heavy atom. The van der Waals surface area contributed by atoms with Gasteiger partial charge in [-0.2, -0.15) is 5.10 Å². The van der Waals surface area contributed by atoms with Crippen molar-refractivity contribution in [3.63, 3.8) is 0 Å². The standard InChI is InChI=1S/C15H20FN3/c1-4-17-9-13-8-12(6-7-15(13)16)14-10-18-19(5-2)11(14)3/h6-8,10,17H,4-5,9H2,1-3H3. The van der Waals surface area contributed by atoms with Crippen molar-refractivity contribution in [2.75, 3.05) is 6.54 Å². The van der Waals surface area contributed by atoms with Crippen LogP contribution in [-0.2, 0) is 13.1 Å². The largest absolute Gasteiger partial charge is 0.313 e. The van der Waals surface area contributed by atoms with Gasteiger partial charge in [-0.25, -0.2) is 4.39 Å². The zero-order chi connectivity index (χ0) is 13.8. The highest BCUT2D eigenvalue weighted by atomic mass is 19.1. The summed E-state index contributed by atoms with van der Waals surface area (Å²) in [5, 5.41) is 7.49. The molecule has 0 saturated heterocycles. The lowest BCUT2D eigenvalue weighted by molar-refractivity contribution is 0.593. The van der Waals surface area contributed by atoms with Gasteiger partial charge in [-0.05, 0) is 38.1 Å². The van der Waals surface area contributed by atoms with Gasteiger partial charge in [-0.15, -0.1) is 0 Å². The predicted molar refractivity (Wildman–Crippen MR) is 75.4 cm³/mol. The van der Waals surface area contributed by atoms with Gasteiger partial charge in [0.15, 0.2) is 0 Å². The maximum atomic E-state index is 13.7. The number of nitrogens with one attached hydrogen (secondary N) is 1. The van der Waals surface area contributed by atoms with E-state index in [1.54, 1.807) is 0 Å². The van der Waals surface area contributed by atoms with Crippen molar-refractivity contribution < 1.29 is 4.39 Å². The molecule has 0 fully saturated rings. The van der Waals surface area contributed by atoms with Gasteiger partial charge >= 0.3 is 0 Å². The lowest BCUT2D eigenvalue weighted by atomic mass is 10.0. The van der Waals surface area contributed by atoms with Crippen LogP contribution in [0.25, 0.3) is 11.1 Å². The highest BCUT2D eigenvalue weighted by Crippen LogP contribution is 2.25. The molecule has 102 valence electrons. The zero-order valence-corrected chi connectivity index (χ0v) is 11.7. The maximum absolute atomic E-state index is 13.7. The highest BCUT2D eigenvalue weighted by molar-refractivity contribution is 5.66. The molecular weight excluding hydrogens is 241 g/mol. The van der Waals surface area contributed by atoms with Crippen LogP contribution in [0.4, 0.5) is 4.39 Å². The zero-order valence-electron chi connectivity index (χ0n) is 11.7. The number of aryl methyl sites for hydroxylation is 1. The molecule has 0 unspecified atom stereocenters. The molecule has 2 rings (SSSR count). The minimum absolute atomic E-state index is 0.162. The summed E-state index contributed by atoms with van der Waals surface area (Å²) < 4.78 is 15.7. The molecule has 0 bridgehead atoms. The molecule has 0 aliphatic rings. The number of hydrogen-bond donors (Lipinski definition) is 1. The van der Waals surface area contributed by atoms with E-state index in [9.17, 15) is 4.39 Å². The Bertz CT molecular complexity index is 561. The molecule has 0 aliphatic heterocycles. The molecule has 3 nitrogen and oxygen atoms in total. The van der Waals surface area contributed by atoms with Crippen LogP contribution >= 0.6 is 0 Å². The molecule has 0 spiro atoms. The van der Waals surface area contributed by atoms with Crippen LogP contribution in [0.15, 0.2) is 24.4 Å². The summed E-state index contributed by atoms with van der Waals surface area (Å²) in [6.07, 6.45) is 1.85. The number of rotatable bonds is 5. The summed E-state index contributed by atoms with van der Waals surface area (Å²) in [5.74, 6) is -0.162. The molecule has 0 aliphatic carbocycles. The van der Waals surface area contributed by atoms with Crippen molar-refractivity contribution in [2.45, 2.75) is 33.9 Å². The number of benzene rings is 1.